The van der Waals surface area contributed by atoms with Gasteiger partial charge in [0.1, 0.15) is 15.8 Å². The molecule has 0 saturated carbocycles. The first-order valence-corrected chi connectivity index (χ1v) is 11.3. The summed E-state index contributed by atoms with van der Waals surface area (Å²) in [4.78, 5) is 33.1. The second-order valence-corrected chi connectivity index (χ2v) is 9.03. The zero-order valence-electron chi connectivity index (χ0n) is 17.6. The molecule has 1 amide bonds. The minimum absolute atomic E-state index is 0.120. The molecule has 9 heteroatoms. The van der Waals surface area contributed by atoms with Crippen molar-refractivity contribution in [2.24, 2.45) is 0 Å². The van der Waals surface area contributed by atoms with Gasteiger partial charge in [0.2, 0.25) is 0 Å². The van der Waals surface area contributed by atoms with Crippen LogP contribution < -0.4 is 10.9 Å². The highest BCUT2D eigenvalue weighted by Crippen LogP contribution is 2.38. The van der Waals surface area contributed by atoms with Gasteiger partial charge < -0.3 is 10.4 Å². The van der Waals surface area contributed by atoms with Gasteiger partial charge in [0, 0.05) is 12.7 Å². The number of benzene rings is 1. The first kappa shape index (κ1) is 22.2. The van der Waals surface area contributed by atoms with Gasteiger partial charge in [-0.1, -0.05) is 60.4 Å². The fraction of sp³-hybridized carbons (Fsp3) is 0.217. The van der Waals surface area contributed by atoms with E-state index in [1.807, 2.05) is 50.2 Å². The van der Waals surface area contributed by atoms with Crippen LogP contribution in [0.4, 0.5) is 5.82 Å². The third kappa shape index (κ3) is 4.06. The van der Waals surface area contributed by atoms with Crippen LogP contribution in [-0.2, 0) is 4.79 Å². The molecule has 1 aliphatic rings. The van der Waals surface area contributed by atoms with Crippen LogP contribution in [-0.4, -0.2) is 42.8 Å². The summed E-state index contributed by atoms with van der Waals surface area (Å²) in [6.07, 6.45) is 3.19. The van der Waals surface area contributed by atoms with Crippen LogP contribution >= 0.6 is 24.0 Å². The van der Waals surface area contributed by atoms with E-state index in [0.29, 0.717) is 20.7 Å². The number of aryl methyl sites for hydroxylation is 1. The second kappa shape index (κ2) is 9.23. The van der Waals surface area contributed by atoms with Gasteiger partial charge in [-0.3, -0.25) is 18.9 Å². The van der Waals surface area contributed by atoms with Crippen molar-refractivity contribution in [1.82, 2.24) is 14.3 Å². The molecule has 1 atom stereocenters. The van der Waals surface area contributed by atoms with E-state index < -0.39 is 0 Å². The highest BCUT2D eigenvalue weighted by molar-refractivity contribution is 8.26. The number of nitrogens with zero attached hydrogens (tertiary/aromatic N) is 3. The molecule has 32 heavy (non-hydrogen) atoms. The molecule has 1 fully saturated rings. The molecule has 164 valence electrons. The van der Waals surface area contributed by atoms with Gasteiger partial charge in [-0.15, -0.1) is 0 Å². The second-order valence-electron chi connectivity index (χ2n) is 7.35. The number of aliphatic hydroxyl groups excluding tert-OH is 1. The number of anilines is 1. The summed E-state index contributed by atoms with van der Waals surface area (Å²) in [5.74, 6) is 0.0675. The number of rotatable bonds is 6. The number of fused-ring (bicyclic) bond motifs is 1. The maximum Gasteiger partial charge on any atom is 0.267 e. The molecular formula is C23H22N4O3S2. The van der Waals surface area contributed by atoms with Gasteiger partial charge in [0.15, 0.2) is 0 Å². The molecule has 0 aliphatic carbocycles. The van der Waals surface area contributed by atoms with Crippen LogP contribution in [0.1, 0.15) is 29.7 Å². The highest BCUT2D eigenvalue weighted by Gasteiger charge is 2.36. The highest BCUT2D eigenvalue weighted by atomic mass is 32.2. The molecule has 3 heterocycles. The summed E-state index contributed by atoms with van der Waals surface area (Å²) in [6.45, 7) is 3.90. The van der Waals surface area contributed by atoms with Crippen molar-refractivity contribution in [2.75, 3.05) is 18.5 Å². The number of pyridine rings is 1. The molecule has 0 unspecified atom stereocenters. The predicted molar refractivity (Wildman–Crippen MR) is 132 cm³/mol. The maximum absolute atomic E-state index is 13.3. The topological polar surface area (TPSA) is 86.9 Å². The van der Waals surface area contributed by atoms with Crippen molar-refractivity contribution >= 4 is 51.7 Å². The van der Waals surface area contributed by atoms with Crippen molar-refractivity contribution in [2.45, 2.75) is 19.9 Å². The molecule has 0 spiro atoms. The van der Waals surface area contributed by atoms with Crippen molar-refractivity contribution < 1.29 is 9.90 Å². The van der Waals surface area contributed by atoms with Crippen molar-refractivity contribution in [3.63, 3.8) is 0 Å². The molecule has 3 aromatic rings. The summed E-state index contributed by atoms with van der Waals surface area (Å²) < 4.78 is 1.89. The molecule has 0 radical (unpaired) electrons. The molecule has 1 saturated heterocycles. The van der Waals surface area contributed by atoms with Gasteiger partial charge >= 0.3 is 0 Å². The van der Waals surface area contributed by atoms with Crippen LogP contribution in [0.3, 0.4) is 0 Å². The molecule has 7 nitrogen and oxygen atoms in total. The van der Waals surface area contributed by atoms with Gasteiger partial charge in [-0.05, 0) is 37.1 Å². The number of nitrogens with one attached hydrogen (secondary N) is 1. The Bertz CT molecular complexity index is 1290. The number of hydrogen-bond donors (Lipinski definition) is 2. The van der Waals surface area contributed by atoms with E-state index in [1.165, 1.54) is 16.2 Å². The van der Waals surface area contributed by atoms with Crippen LogP contribution in [0.25, 0.3) is 11.7 Å². The SMILES string of the molecule is Cc1cccn2c(=O)c(/C=C3\SC(=S)N([C@@H](C)c4ccccc4)C3=O)c(NCCO)nc12. The number of aromatic nitrogens is 2. The Morgan fingerprint density at radius 3 is 2.69 bits per heavy atom. The Morgan fingerprint density at radius 1 is 1.22 bits per heavy atom. The zero-order valence-corrected chi connectivity index (χ0v) is 19.2. The van der Waals surface area contributed by atoms with E-state index in [9.17, 15) is 14.7 Å². The molecule has 2 aromatic heterocycles. The molecule has 4 rings (SSSR count). The van der Waals surface area contributed by atoms with Crippen LogP contribution in [0.5, 0.6) is 0 Å². The molecule has 1 aliphatic heterocycles. The standard InChI is InChI=1S/C23H22N4O3S2/c1-14-7-6-11-26-20(14)25-19(24-10-12-28)17(21(26)29)13-18-22(30)27(23(31)32-18)15(2)16-8-4-3-5-9-16/h3-9,11,13,15,24,28H,10,12H2,1-2H3/b18-13-/t15-/m0/s1. The van der Waals surface area contributed by atoms with E-state index in [2.05, 4.69) is 10.3 Å². The minimum Gasteiger partial charge on any atom is -0.395 e. The number of hydrogen-bond acceptors (Lipinski definition) is 7. The average molecular weight is 467 g/mol. The van der Waals surface area contributed by atoms with Crippen LogP contribution in [0, 0.1) is 6.92 Å². The first-order valence-electron chi connectivity index (χ1n) is 10.1. The number of carbonyl (C=O) groups excluding carboxylic acids is 1. The molecule has 2 N–H and O–H groups in total. The molecule has 0 bridgehead atoms. The third-order valence-corrected chi connectivity index (χ3v) is 6.59. The summed E-state index contributed by atoms with van der Waals surface area (Å²) in [7, 11) is 0. The summed E-state index contributed by atoms with van der Waals surface area (Å²) in [5, 5.41) is 12.2. The number of carbonyl (C=O) groups is 1. The third-order valence-electron chi connectivity index (χ3n) is 5.26. The lowest BCUT2D eigenvalue weighted by atomic mass is 10.1. The summed E-state index contributed by atoms with van der Waals surface area (Å²) in [6, 6.07) is 13.1. The van der Waals surface area contributed by atoms with E-state index in [-0.39, 0.29) is 36.2 Å². The zero-order chi connectivity index (χ0) is 22.8. The van der Waals surface area contributed by atoms with Gasteiger partial charge in [-0.25, -0.2) is 4.98 Å². The Balaban J connectivity index is 1.78. The normalized spacial score (nSPS) is 16.2. The Hall–Kier alpha value is -3.01. The summed E-state index contributed by atoms with van der Waals surface area (Å²) in [5.41, 5.74) is 2.26. The quantitative estimate of drug-likeness (QED) is 0.425. The monoisotopic (exact) mass is 466 g/mol. The Kier molecular flexibility index (Phi) is 6.40. The predicted octanol–water partition coefficient (Wildman–Crippen LogP) is 3.37. The lowest BCUT2D eigenvalue weighted by molar-refractivity contribution is -0.123. The maximum atomic E-state index is 13.3. The average Bonchev–Trinajstić information content (AvgIpc) is 3.08. The van der Waals surface area contributed by atoms with Gasteiger partial charge in [0.25, 0.3) is 11.5 Å². The van der Waals surface area contributed by atoms with Crippen molar-refractivity contribution in [1.29, 1.82) is 0 Å². The van der Waals surface area contributed by atoms with Crippen molar-refractivity contribution in [3.8, 4) is 0 Å². The Morgan fingerprint density at radius 2 is 1.97 bits per heavy atom. The number of amides is 1. The number of thiocarbonyl (C=S) groups is 1. The van der Waals surface area contributed by atoms with Gasteiger partial charge in [-0.2, -0.15) is 0 Å². The van der Waals surface area contributed by atoms with E-state index in [1.54, 1.807) is 23.2 Å². The minimum atomic E-state index is -0.305. The van der Waals surface area contributed by atoms with E-state index >= 15 is 0 Å². The summed E-state index contributed by atoms with van der Waals surface area (Å²) >= 11 is 6.66. The smallest absolute Gasteiger partial charge is 0.267 e. The fourth-order valence-corrected chi connectivity index (χ4v) is 4.98. The van der Waals surface area contributed by atoms with E-state index in [4.69, 9.17) is 12.2 Å². The van der Waals surface area contributed by atoms with Crippen molar-refractivity contribution in [3.05, 3.63) is 80.6 Å². The van der Waals surface area contributed by atoms with Gasteiger partial charge in [0.05, 0.1) is 23.1 Å². The van der Waals surface area contributed by atoms with E-state index in [0.717, 1.165) is 11.1 Å². The lowest BCUT2D eigenvalue weighted by Crippen LogP contribution is -2.31. The molecular weight excluding hydrogens is 444 g/mol. The number of thioether (sulfide) groups is 1. The Labute approximate surface area is 194 Å². The fourth-order valence-electron chi connectivity index (χ4n) is 3.58. The lowest BCUT2D eigenvalue weighted by Gasteiger charge is -2.23. The van der Waals surface area contributed by atoms with Crippen LogP contribution in [0.15, 0.2) is 58.4 Å². The molecule has 1 aromatic carbocycles. The van der Waals surface area contributed by atoms with Crippen LogP contribution in [0.2, 0.25) is 0 Å². The largest absolute Gasteiger partial charge is 0.395 e. The number of aliphatic hydroxyl groups is 1. The first-order chi connectivity index (χ1) is 15.4.